The van der Waals surface area contributed by atoms with Crippen LogP contribution in [0.25, 0.3) is 10.9 Å². The fourth-order valence-corrected chi connectivity index (χ4v) is 3.13. The molecule has 7 heteroatoms. The zero-order valence-corrected chi connectivity index (χ0v) is 15.9. The molecule has 0 saturated carbocycles. The molecule has 0 spiro atoms. The average Bonchev–Trinajstić information content (AvgIpc) is 2.96. The standard InChI is InChI=1S/C19H18N4O.2ClH/c1-23-11-9-13-12-14(6-7-18(13)23)21-19(24)22-17-8-10-20-16-5-3-2-4-15(16)17;;/h2-8,10,12H,9,11H2,1H3,(H2,20,21,22,24);2*1H. The Morgan fingerprint density at radius 1 is 1.08 bits per heavy atom. The Morgan fingerprint density at radius 3 is 2.73 bits per heavy atom. The third-order valence-electron chi connectivity index (χ3n) is 4.36. The van der Waals surface area contributed by atoms with E-state index in [1.54, 1.807) is 12.3 Å². The molecule has 1 aromatic heterocycles. The molecule has 2 amide bonds. The first kappa shape index (κ1) is 19.8. The number of pyridine rings is 1. The number of urea groups is 1. The van der Waals surface area contributed by atoms with Crippen LogP contribution in [0.1, 0.15) is 5.56 Å². The smallest absolute Gasteiger partial charge is 0.323 e. The third kappa shape index (κ3) is 3.84. The van der Waals surface area contributed by atoms with Crippen molar-refractivity contribution in [2.75, 3.05) is 29.1 Å². The molecule has 0 aliphatic carbocycles. The molecule has 26 heavy (non-hydrogen) atoms. The predicted octanol–water partition coefficient (Wildman–Crippen LogP) is 4.71. The van der Waals surface area contributed by atoms with E-state index in [9.17, 15) is 4.79 Å². The van der Waals surface area contributed by atoms with Crippen molar-refractivity contribution in [3.05, 3.63) is 60.3 Å². The summed E-state index contributed by atoms with van der Waals surface area (Å²) in [7, 11) is 2.08. The van der Waals surface area contributed by atoms with Gasteiger partial charge in [-0.15, -0.1) is 24.8 Å². The van der Waals surface area contributed by atoms with Crippen LogP contribution in [0, 0.1) is 0 Å². The van der Waals surface area contributed by atoms with Gasteiger partial charge in [-0.25, -0.2) is 4.79 Å². The van der Waals surface area contributed by atoms with Crippen molar-refractivity contribution in [2.24, 2.45) is 0 Å². The lowest BCUT2D eigenvalue weighted by molar-refractivity contribution is 0.262. The van der Waals surface area contributed by atoms with E-state index >= 15 is 0 Å². The number of likely N-dealkylation sites (N-methyl/N-ethyl adjacent to an activating group) is 1. The first-order valence-corrected chi connectivity index (χ1v) is 7.96. The number of fused-ring (bicyclic) bond motifs is 2. The Morgan fingerprint density at radius 2 is 1.88 bits per heavy atom. The highest BCUT2D eigenvalue weighted by atomic mass is 35.5. The van der Waals surface area contributed by atoms with Gasteiger partial charge in [0, 0.05) is 36.6 Å². The van der Waals surface area contributed by atoms with Crippen LogP contribution in [0.4, 0.5) is 21.9 Å². The van der Waals surface area contributed by atoms with E-state index in [4.69, 9.17) is 0 Å². The summed E-state index contributed by atoms with van der Waals surface area (Å²) in [5.41, 5.74) is 4.92. The van der Waals surface area contributed by atoms with Crippen molar-refractivity contribution in [1.29, 1.82) is 0 Å². The van der Waals surface area contributed by atoms with E-state index in [1.807, 2.05) is 36.4 Å². The zero-order chi connectivity index (χ0) is 16.5. The van der Waals surface area contributed by atoms with Gasteiger partial charge in [-0.3, -0.25) is 4.98 Å². The number of benzene rings is 2. The van der Waals surface area contributed by atoms with Crippen LogP contribution < -0.4 is 15.5 Å². The van der Waals surface area contributed by atoms with Crippen LogP contribution in [0.15, 0.2) is 54.7 Å². The number of rotatable bonds is 2. The molecule has 2 N–H and O–H groups in total. The maximum absolute atomic E-state index is 12.3. The number of nitrogens with one attached hydrogen (secondary N) is 2. The van der Waals surface area contributed by atoms with Crippen LogP contribution >= 0.6 is 24.8 Å². The molecule has 5 nitrogen and oxygen atoms in total. The first-order valence-electron chi connectivity index (χ1n) is 7.96. The highest BCUT2D eigenvalue weighted by molar-refractivity contribution is 6.05. The number of hydrogen-bond acceptors (Lipinski definition) is 3. The summed E-state index contributed by atoms with van der Waals surface area (Å²) in [5.74, 6) is 0. The average molecular weight is 391 g/mol. The molecule has 0 saturated heterocycles. The summed E-state index contributed by atoms with van der Waals surface area (Å²) >= 11 is 0. The van der Waals surface area contributed by atoms with E-state index < -0.39 is 0 Å². The molecule has 4 rings (SSSR count). The largest absolute Gasteiger partial charge is 0.374 e. The van der Waals surface area contributed by atoms with Crippen LogP contribution in [0.3, 0.4) is 0 Å². The third-order valence-corrected chi connectivity index (χ3v) is 4.36. The van der Waals surface area contributed by atoms with Crippen molar-refractivity contribution in [1.82, 2.24) is 4.98 Å². The molecule has 1 aliphatic heterocycles. The Bertz CT molecular complexity index is 927. The van der Waals surface area contributed by atoms with Gasteiger partial charge in [0.05, 0.1) is 11.2 Å². The fourth-order valence-electron chi connectivity index (χ4n) is 3.13. The van der Waals surface area contributed by atoms with Crippen molar-refractivity contribution in [2.45, 2.75) is 6.42 Å². The lowest BCUT2D eigenvalue weighted by Crippen LogP contribution is -2.19. The maximum atomic E-state index is 12.3. The summed E-state index contributed by atoms with van der Waals surface area (Å²) in [6, 6.07) is 15.3. The molecule has 0 radical (unpaired) electrons. The summed E-state index contributed by atoms with van der Waals surface area (Å²) in [6.07, 6.45) is 2.71. The van der Waals surface area contributed by atoms with Crippen LogP contribution in [-0.4, -0.2) is 24.6 Å². The van der Waals surface area contributed by atoms with Crippen molar-refractivity contribution < 1.29 is 4.79 Å². The minimum Gasteiger partial charge on any atom is -0.374 e. The second-order valence-electron chi connectivity index (χ2n) is 5.97. The Kier molecular flexibility index (Phi) is 6.29. The van der Waals surface area contributed by atoms with Gasteiger partial charge in [-0.05, 0) is 42.3 Å². The van der Waals surface area contributed by atoms with E-state index in [1.165, 1.54) is 11.3 Å². The van der Waals surface area contributed by atoms with E-state index in [-0.39, 0.29) is 30.8 Å². The molecule has 2 aromatic carbocycles. The summed E-state index contributed by atoms with van der Waals surface area (Å²) < 4.78 is 0. The Labute approximate surface area is 164 Å². The lowest BCUT2D eigenvalue weighted by Gasteiger charge is -2.13. The molecule has 0 unspecified atom stereocenters. The highest BCUT2D eigenvalue weighted by Crippen LogP contribution is 2.29. The van der Waals surface area contributed by atoms with Gasteiger partial charge in [0.2, 0.25) is 0 Å². The van der Waals surface area contributed by atoms with Crippen LogP contribution in [-0.2, 0) is 6.42 Å². The summed E-state index contributed by atoms with van der Waals surface area (Å²) in [5, 5.41) is 6.74. The lowest BCUT2D eigenvalue weighted by atomic mass is 10.1. The van der Waals surface area contributed by atoms with Gasteiger partial charge >= 0.3 is 6.03 Å². The summed E-state index contributed by atoms with van der Waals surface area (Å²) in [6.45, 7) is 1.02. The Balaban J connectivity index is 0.00000121. The number of para-hydroxylation sites is 1. The fraction of sp³-hybridized carbons (Fsp3) is 0.158. The normalized spacial score (nSPS) is 12.0. The molecule has 0 atom stereocenters. The van der Waals surface area contributed by atoms with Gasteiger partial charge in [0.15, 0.2) is 0 Å². The van der Waals surface area contributed by atoms with Crippen LogP contribution in [0.5, 0.6) is 0 Å². The van der Waals surface area contributed by atoms with Gasteiger partial charge in [0.25, 0.3) is 0 Å². The number of hydrogen-bond donors (Lipinski definition) is 2. The number of halogens is 2. The molecule has 1 aliphatic rings. The Hall–Kier alpha value is -2.50. The number of amides is 2. The van der Waals surface area contributed by atoms with E-state index in [2.05, 4.69) is 33.6 Å². The SMILES string of the molecule is CN1CCc2cc(NC(=O)Nc3ccnc4ccccc34)ccc21.Cl.Cl. The molecular weight excluding hydrogens is 371 g/mol. The second kappa shape index (κ2) is 8.25. The molecule has 0 bridgehead atoms. The number of anilines is 3. The van der Waals surface area contributed by atoms with Gasteiger partial charge in [0.1, 0.15) is 0 Å². The van der Waals surface area contributed by atoms with Gasteiger partial charge in [-0.2, -0.15) is 0 Å². The van der Waals surface area contributed by atoms with Gasteiger partial charge in [-0.1, -0.05) is 18.2 Å². The molecule has 3 aromatic rings. The second-order valence-corrected chi connectivity index (χ2v) is 5.97. The number of carbonyl (C=O) groups is 1. The van der Waals surface area contributed by atoms with E-state index in [0.29, 0.717) is 0 Å². The topological polar surface area (TPSA) is 57.3 Å². The highest BCUT2D eigenvalue weighted by Gasteiger charge is 2.16. The minimum absolute atomic E-state index is 0. The van der Waals surface area contributed by atoms with Crippen molar-refractivity contribution >= 4 is 58.8 Å². The predicted molar refractivity (Wildman–Crippen MR) is 112 cm³/mol. The number of aromatic nitrogens is 1. The maximum Gasteiger partial charge on any atom is 0.323 e. The van der Waals surface area contributed by atoms with Gasteiger partial charge < -0.3 is 15.5 Å². The summed E-state index contributed by atoms with van der Waals surface area (Å²) in [4.78, 5) is 18.9. The molecular formula is C19H20Cl2N4O. The molecule has 2 heterocycles. The zero-order valence-electron chi connectivity index (χ0n) is 14.2. The molecule has 0 fully saturated rings. The minimum atomic E-state index is -0.252. The first-order chi connectivity index (χ1) is 11.7. The van der Waals surface area contributed by atoms with Crippen molar-refractivity contribution in [3.63, 3.8) is 0 Å². The van der Waals surface area contributed by atoms with Crippen LogP contribution in [0.2, 0.25) is 0 Å². The quantitative estimate of drug-likeness (QED) is 0.665. The molecule has 136 valence electrons. The number of nitrogens with zero attached hydrogens (tertiary/aromatic N) is 2. The van der Waals surface area contributed by atoms with Crippen molar-refractivity contribution in [3.8, 4) is 0 Å². The van der Waals surface area contributed by atoms with E-state index in [0.717, 1.165) is 35.2 Å². The monoisotopic (exact) mass is 390 g/mol. The number of carbonyl (C=O) groups excluding carboxylic acids is 1.